The lowest BCUT2D eigenvalue weighted by Gasteiger charge is -2.24. The zero-order valence-electron chi connectivity index (χ0n) is 10.7. The van der Waals surface area contributed by atoms with E-state index in [-0.39, 0.29) is 29.9 Å². The van der Waals surface area contributed by atoms with E-state index >= 15 is 0 Å². The number of amides is 3. The molecular weight excluding hydrogens is 216 g/mol. The second-order valence-electron chi connectivity index (χ2n) is 5.52. The van der Waals surface area contributed by atoms with Crippen molar-refractivity contribution in [3.8, 4) is 0 Å². The molecule has 1 aliphatic heterocycles. The van der Waals surface area contributed by atoms with Crippen molar-refractivity contribution in [3.05, 3.63) is 0 Å². The summed E-state index contributed by atoms with van der Waals surface area (Å²) in [5.41, 5.74) is 0. The first-order valence-corrected chi connectivity index (χ1v) is 6.75. The Morgan fingerprint density at radius 2 is 1.71 bits per heavy atom. The van der Waals surface area contributed by atoms with Crippen molar-refractivity contribution < 1.29 is 9.59 Å². The fourth-order valence-corrected chi connectivity index (χ4v) is 2.83. The summed E-state index contributed by atoms with van der Waals surface area (Å²) in [6.07, 6.45) is 6.68. The molecule has 96 valence electrons. The van der Waals surface area contributed by atoms with Gasteiger partial charge in [-0.3, -0.25) is 9.69 Å². The molecule has 1 N–H and O–H groups in total. The zero-order chi connectivity index (χ0) is 12.4. The predicted octanol–water partition coefficient (Wildman–Crippen LogP) is 2.29. The van der Waals surface area contributed by atoms with Gasteiger partial charge in [-0.2, -0.15) is 0 Å². The van der Waals surface area contributed by atoms with Gasteiger partial charge >= 0.3 is 6.03 Å². The molecule has 0 aromatic heterocycles. The number of urea groups is 1. The third kappa shape index (κ3) is 2.45. The summed E-state index contributed by atoms with van der Waals surface area (Å²) in [6, 6.07) is -0.361. The summed E-state index contributed by atoms with van der Waals surface area (Å²) < 4.78 is 0. The van der Waals surface area contributed by atoms with Gasteiger partial charge in [0.1, 0.15) is 6.04 Å². The van der Waals surface area contributed by atoms with E-state index < -0.39 is 0 Å². The van der Waals surface area contributed by atoms with Crippen LogP contribution in [0, 0.1) is 5.92 Å². The van der Waals surface area contributed by atoms with Crippen molar-refractivity contribution in [2.24, 2.45) is 5.92 Å². The molecule has 1 saturated heterocycles. The number of imide groups is 1. The van der Waals surface area contributed by atoms with E-state index in [1.54, 1.807) is 0 Å². The summed E-state index contributed by atoms with van der Waals surface area (Å²) in [5, 5.41) is 2.81. The predicted molar refractivity (Wildman–Crippen MR) is 65.5 cm³/mol. The van der Waals surface area contributed by atoms with Crippen LogP contribution in [0.3, 0.4) is 0 Å². The van der Waals surface area contributed by atoms with Crippen LogP contribution in [0.4, 0.5) is 4.79 Å². The molecule has 0 radical (unpaired) electrons. The average Bonchev–Trinajstić information content (AvgIpc) is 2.49. The largest absolute Gasteiger partial charge is 0.326 e. The van der Waals surface area contributed by atoms with Crippen LogP contribution in [0.2, 0.25) is 0 Å². The number of hydrogen-bond acceptors (Lipinski definition) is 2. The van der Waals surface area contributed by atoms with Crippen LogP contribution in [0.25, 0.3) is 0 Å². The lowest BCUT2D eigenvalue weighted by atomic mass is 10.0. The van der Waals surface area contributed by atoms with E-state index in [1.165, 1.54) is 17.7 Å². The normalized spacial score (nSPS) is 27.5. The molecular formula is C13H22N2O2. The van der Waals surface area contributed by atoms with E-state index in [0.717, 1.165) is 25.7 Å². The minimum absolute atomic E-state index is 0.0168. The molecule has 4 nitrogen and oxygen atoms in total. The highest BCUT2D eigenvalue weighted by Crippen LogP contribution is 2.25. The maximum absolute atomic E-state index is 12.2. The lowest BCUT2D eigenvalue weighted by Crippen LogP contribution is -2.41. The van der Waals surface area contributed by atoms with Crippen LogP contribution in [0.5, 0.6) is 0 Å². The van der Waals surface area contributed by atoms with Crippen molar-refractivity contribution in [1.82, 2.24) is 10.2 Å². The van der Waals surface area contributed by atoms with Gasteiger partial charge in [-0.25, -0.2) is 4.79 Å². The molecule has 1 unspecified atom stereocenters. The molecule has 4 heteroatoms. The van der Waals surface area contributed by atoms with Crippen molar-refractivity contribution in [1.29, 1.82) is 0 Å². The highest BCUT2D eigenvalue weighted by molar-refractivity contribution is 6.04. The van der Waals surface area contributed by atoms with Crippen molar-refractivity contribution in [2.45, 2.75) is 64.5 Å². The van der Waals surface area contributed by atoms with E-state index in [1.807, 2.05) is 13.8 Å². The molecule has 2 fully saturated rings. The Morgan fingerprint density at radius 1 is 1.12 bits per heavy atom. The number of hydrogen-bond donors (Lipinski definition) is 1. The van der Waals surface area contributed by atoms with Gasteiger partial charge in [0.15, 0.2) is 0 Å². The monoisotopic (exact) mass is 238 g/mol. The first kappa shape index (κ1) is 12.4. The average molecular weight is 238 g/mol. The third-order valence-electron chi connectivity index (χ3n) is 3.86. The SMILES string of the molecule is CC(C)C1NC(=O)N(C2CCCCCC2)C1=O. The number of carbonyl (C=O) groups excluding carboxylic acids is 2. The second kappa shape index (κ2) is 5.07. The number of carbonyl (C=O) groups is 2. The van der Waals surface area contributed by atoms with Crippen molar-refractivity contribution in [3.63, 3.8) is 0 Å². The molecule has 2 rings (SSSR count). The molecule has 0 aromatic carbocycles. The summed E-state index contributed by atoms with van der Waals surface area (Å²) >= 11 is 0. The molecule has 2 aliphatic rings. The van der Waals surface area contributed by atoms with Gasteiger partial charge in [-0.05, 0) is 18.8 Å². The molecule has 3 amide bonds. The standard InChI is InChI=1S/C13H22N2O2/c1-9(2)11-12(16)15(13(17)14-11)10-7-5-3-4-6-8-10/h9-11H,3-8H2,1-2H3,(H,14,17). The highest BCUT2D eigenvalue weighted by atomic mass is 16.2. The minimum Gasteiger partial charge on any atom is -0.326 e. The smallest absolute Gasteiger partial charge is 0.325 e. The number of nitrogens with one attached hydrogen (secondary N) is 1. The van der Waals surface area contributed by atoms with Crippen LogP contribution < -0.4 is 5.32 Å². The molecule has 1 saturated carbocycles. The third-order valence-corrected chi connectivity index (χ3v) is 3.86. The van der Waals surface area contributed by atoms with Crippen LogP contribution in [0.15, 0.2) is 0 Å². The van der Waals surface area contributed by atoms with E-state index in [0.29, 0.717) is 0 Å². The molecule has 0 aromatic rings. The van der Waals surface area contributed by atoms with Gasteiger partial charge in [-0.15, -0.1) is 0 Å². The van der Waals surface area contributed by atoms with E-state index in [2.05, 4.69) is 5.32 Å². The van der Waals surface area contributed by atoms with E-state index in [4.69, 9.17) is 0 Å². The van der Waals surface area contributed by atoms with Gasteiger partial charge < -0.3 is 5.32 Å². The summed E-state index contributed by atoms with van der Waals surface area (Å²) in [4.78, 5) is 25.6. The Bertz CT molecular complexity index is 307. The molecule has 17 heavy (non-hydrogen) atoms. The Balaban J connectivity index is 2.09. The van der Waals surface area contributed by atoms with Crippen molar-refractivity contribution >= 4 is 11.9 Å². The Labute approximate surface area is 103 Å². The zero-order valence-corrected chi connectivity index (χ0v) is 10.7. The maximum atomic E-state index is 12.2. The molecule has 0 spiro atoms. The fourth-order valence-electron chi connectivity index (χ4n) is 2.83. The van der Waals surface area contributed by atoms with Crippen LogP contribution >= 0.6 is 0 Å². The number of rotatable bonds is 2. The van der Waals surface area contributed by atoms with Crippen molar-refractivity contribution in [2.75, 3.05) is 0 Å². The van der Waals surface area contributed by atoms with Gasteiger partial charge in [0.05, 0.1) is 0 Å². The van der Waals surface area contributed by atoms with Gasteiger partial charge in [0.2, 0.25) is 0 Å². The molecule has 0 bridgehead atoms. The molecule has 1 heterocycles. The summed E-state index contributed by atoms with van der Waals surface area (Å²) in [7, 11) is 0. The summed E-state index contributed by atoms with van der Waals surface area (Å²) in [5.74, 6) is 0.152. The maximum Gasteiger partial charge on any atom is 0.325 e. The van der Waals surface area contributed by atoms with Gasteiger partial charge in [0.25, 0.3) is 5.91 Å². The van der Waals surface area contributed by atoms with E-state index in [9.17, 15) is 9.59 Å². The van der Waals surface area contributed by atoms with Crippen LogP contribution in [-0.4, -0.2) is 28.9 Å². The highest BCUT2D eigenvalue weighted by Gasteiger charge is 2.42. The summed E-state index contributed by atoms with van der Waals surface area (Å²) in [6.45, 7) is 3.94. The fraction of sp³-hybridized carbons (Fsp3) is 0.846. The quantitative estimate of drug-likeness (QED) is 0.592. The topological polar surface area (TPSA) is 49.4 Å². The first-order valence-electron chi connectivity index (χ1n) is 6.75. The molecule has 1 atom stereocenters. The number of nitrogens with zero attached hydrogens (tertiary/aromatic N) is 1. The van der Waals surface area contributed by atoms with Crippen LogP contribution in [0.1, 0.15) is 52.4 Å². The lowest BCUT2D eigenvalue weighted by molar-refractivity contribution is -0.130. The van der Waals surface area contributed by atoms with Gasteiger partial charge in [-0.1, -0.05) is 39.5 Å². The Hall–Kier alpha value is -1.06. The second-order valence-corrected chi connectivity index (χ2v) is 5.52. The minimum atomic E-state index is -0.314. The molecule has 1 aliphatic carbocycles. The first-order chi connectivity index (χ1) is 8.11. The van der Waals surface area contributed by atoms with Gasteiger partial charge in [0, 0.05) is 6.04 Å². The Kier molecular flexibility index (Phi) is 3.69. The van der Waals surface area contributed by atoms with Crippen LogP contribution in [-0.2, 0) is 4.79 Å². The Morgan fingerprint density at radius 3 is 2.18 bits per heavy atom.